The van der Waals surface area contributed by atoms with Crippen molar-refractivity contribution in [2.24, 2.45) is 0 Å². The number of carboxylic acids is 1. The molecule has 8 nitrogen and oxygen atoms in total. The van der Waals surface area contributed by atoms with E-state index in [1.165, 1.54) is 0 Å². The number of rotatable bonds is 7. The van der Waals surface area contributed by atoms with Crippen LogP contribution in [-0.4, -0.2) is 50.8 Å². The highest BCUT2D eigenvalue weighted by Crippen LogP contribution is 2.48. The predicted molar refractivity (Wildman–Crippen MR) is 120 cm³/mol. The number of amides is 1. The lowest BCUT2D eigenvalue weighted by Gasteiger charge is -2.18. The van der Waals surface area contributed by atoms with E-state index >= 15 is 0 Å². The van der Waals surface area contributed by atoms with E-state index in [1.807, 2.05) is 12.1 Å². The average molecular weight is 515 g/mol. The Labute approximate surface area is 200 Å². The minimum absolute atomic E-state index is 0.0283. The summed E-state index contributed by atoms with van der Waals surface area (Å²) >= 11 is 0. The molecule has 2 fully saturated rings. The molecule has 190 valence electrons. The number of alkyl halides is 3. The number of ether oxygens (including phenoxy) is 1. The van der Waals surface area contributed by atoms with Gasteiger partial charge in [0.05, 0.1) is 16.4 Å². The summed E-state index contributed by atoms with van der Waals surface area (Å²) < 4.78 is 64.7. The quantitative estimate of drug-likeness (QED) is 0.521. The Hall–Kier alpha value is -3.12. The number of hydrogen-bond acceptors (Lipinski definition) is 5. The van der Waals surface area contributed by atoms with E-state index in [0.717, 1.165) is 37.9 Å². The number of nitrogens with one attached hydrogen (secondary N) is 2. The Morgan fingerprint density at radius 3 is 2.14 bits per heavy atom. The molecule has 0 aromatic heterocycles. The van der Waals surface area contributed by atoms with Gasteiger partial charge in [-0.05, 0) is 55.5 Å². The Balaban J connectivity index is 0.000000429. The summed E-state index contributed by atoms with van der Waals surface area (Å²) in [5.74, 6) is -2.73. The summed E-state index contributed by atoms with van der Waals surface area (Å²) in [4.78, 5) is 21.8. The number of halogens is 3. The molecular weight excluding hydrogens is 489 g/mol. The van der Waals surface area contributed by atoms with Gasteiger partial charge in [-0.25, -0.2) is 13.2 Å². The second-order valence-electron chi connectivity index (χ2n) is 8.23. The number of sulfonamides is 1. The Morgan fingerprint density at radius 1 is 1.06 bits per heavy atom. The minimum atomic E-state index is -5.08. The summed E-state index contributed by atoms with van der Waals surface area (Å²) in [5.41, 5.74) is 0.901. The molecule has 35 heavy (non-hydrogen) atoms. The number of carboxylic acid groups (broad SMARTS) is 1. The van der Waals surface area contributed by atoms with Crippen LogP contribution in [0.15, 0.2) is 59.5 Å². The second-order valence-corrected chi connectivity index (χ2v) is 9.91. The van der Waals surface area contributed by atoms with Crippen molar-refractivity contribution in [1.29, 1.82) is 0 Å². The number of aliphatic carboxylic acids is 1. The van der Waals surface area contributed by atoms with E-state index in [4.69, 9.17) is 14.6 Å². The van der Waals surface area contributed by atoms with Crippen molar-refractivity contribution in [2.75, 3.05) is 17.9 Å². The fourth-order valence-electron chi connectivity index (χ4n) is 3.62. The molecule has 2 aliphatic rings. The number of carbonyl (C=O) groups is 2. The van der Waals surface area contributed by atoms with Crippen LogP contribution in [0.5, 0.6) is 0 Å². The van der Waals surface area contributed by atoms with Gasteiger partial charge in [0.2, 0.25) is 5.91 Å². The maximum atomic E-state index is 12.7. The Morgan fingerprint density at radius 2 is 1.66 bits per heavy atom. The summed E-state index contributed by atoms with van der Waals surface area (Å²) in [6.07, 6.45) is -1.32. The molecule has 3 N–H and O–H groups in total. The van der Waals surface area contributed by atoms with Crippen molar-refractivity contribution in [3.8, 4) is 0 Å². The van der Waals surface area contributed by atoms with Gasteiger partial charge in [-0.2, -0.15) is 13.2 Å². The number of carbonyl (C=O) groups excluding carboxylic acids is 1. The summed E-state index contributed by atoms with van der Waals surface area (Å²) in [6.45, 7) is 1.32. The van der Waals surface area contributed by atoms with Crippen LogP contribution in [0.1, 0.15) is 31.2 Å². The minimum Gasteiger partial charge on any atom is -0.475 e. The van der Waals surface area contributed by atoms with Gasteiger partial charge in [0.15, 0.2) is 0 Å². The third kappa shape index (κ3) is 6.95. The normalized spacial score (nSPS) is 18.7. The second kappa shape index (κ2) is 10.6. The van der Waals surface area contributed by atoms with Crippen molar-refractivity contribution in [2.45, 2.75) is 48.3 Å². The molecule has 12 heteroatoms. The van der Waals surface area contributed by atoms with Crippen LogP contribution in [0, 0.1) is 0 Å². The zero-order valence-electron chi connectivity index (χ0n) is 18.5. The first-order valence-corrected chi connectivity index (χ1v) is 12.3. The van der Waals surface area contributed by atoms with Crippen LogP contribution in [-0.2, 0) is 29.8 Å². The maximum absolute atomic E-state index is 12.7. The summed E-state index contributed by atoms with van der Waals surface area (Å²) in [5, 5.41) is 10.1. The smallest absolute Gasteiger partial charge is 0.475 e. The van der Waals surface area contributed by atoms with E-state index in [0.29, 0.717) is 12.2 Å². The molecule has 2 aromatic carbocycles. The predicted octanol–water partition coefficient (Wildman–Crippen LogP) is 3.45. The molecular formula is C23H25F3N2O6S. The summed E-state index contributed by atoms with van der Waals surface area (Å²) in [7, 11) is -3.62. The first-order chi connectivity index (χ1) is 16.4. The lowest BCUT2D eigenvalue weighted by Crippen LogP contribution is -2.39. The molecule has 2 aromatic rings. The molecule has 0 radical (unpaired) electrons. The monoisotopic (exact) mass is 514 g/mol. The van der Waals surface area contributed by atoms with Crippen LogP contribution in [0.3, 0.4) is 0 Å². The Bertz CT molecular complexity index is 1130. The van der Waals surface area contributed by atoms with Gasteiger partial charge in [-0.3, -0.25) is 9.52 Å². The lowest BCUT2D eigenvalue weighted by molar-refractivity contribution is -0.192. The van der Waals surface area contributed by atoms with Crippen LogP contribution in [0.25, 0.3) is 0 Å². The first kappa shape index (κ1) is 26.5. The van der Waals surface area contributed by atoms with Crippen LogP contribution in [0.4, 0.5) is 18.9 Å². The molecule has 0 spiro atoms. The fourth-order valence-corrected chi connectivity index (χ4v) is 4.70. The largest absolute Gasteiger partial charge is 0.490 e. The third-order valence-corrected chi connectivity index (χ3v) is 7.08. The molecule has 1 atom stereocenters. The highest BCUT2D eigenvalue weighted by atomic mass is 32.2. The molecule has 1 unspecified atom stereocenters. The highest BCUT2D eigenvalue weighted by molar-refractivity contribution is 7.92. The zero-order valence-corrected chi connectivity index (χ0v) is 19.4. The van der Waals surface area contributed by atoms with E-state index < -0.39 is 27.6 Å². The van der Waals surface area contributed by atoms with Crippen LogP contribution >= 0.6 is 0 Å². The Kier molecular flexibility index (Phi) is 8.06. The molecule has 1 heterocycles. The zero-order chi connectivity index (χ0) is 25.7. The number of hydrogen-bond donors (Lipinski definition) is 3. The van der Waals surface area contributed by atoms with Gasteiger partial charge in [-0.15, -0.1) is 0 Å². The molecule has 1 amide bonds. The van der Waals surface area contributed by atoms with Crippen molar-refractivity contribution in [3.05, 3.63) is 60.2 Å². The molecule has 0 bridgehead atoms. The van der Waals surface area contributed by atoms with Crippen molar-refractivity contribution >= 4 is 27.6 Å². The van der Waals surface area contributed by atoms with Gasteiger partial charge in [0.1, 0.15) is 0 Å². The topological polar surface area (TPSA) is 122 Å². The van der Waals surface area contributed by atoms with Crippen molar-refractivity contribution in [1.82, 2.24) is 5.32 Å². The maximum Gasteiger partial charge on any atom is 0.490 e. The van der Waals surface area contributed by atoms with E-state index in [2.05, 4.69) is 10.0 Å². The fraction of sp³-hybridized carbons (Fsp3) is 0.391. The van der Waals surface area contributed by atoms with Gasteiger partial charge in [0.25, 0.3) is 10.0 Å². The SMILES string of the molecule is O=C(NCC1CCCO1)C1(c2ccc(NS(=O)(=O)c3ccccc3)cc2)CC1.O=C(O)C(F)(F)F. The van der Waals surface area contributed by atoms with E-state index in [9.17, 15) is 26.4 Å². The van der Waals surface area contributed by atoms with Gasteiger partial charge >= 0.3 is 12.1 Å². The van der Waals surface area contributed by atoms with E-state index in [1.54, 1.807) is 42.5 Å². The standard InChI is InChI=1S/C21H24N2O4S.C2HF3O2/c24-20(22-15-18-5-4-14-27-18)21(12-13-21)16-8-10-17(11-9-16)23-28(25,26)19-6-2-1-3-7-19;3-2(4,5)1(6)7/h1-3,6-11,18,23H,4-5,12-15H2,(H,22,24);(H,6,7). The average Bonchev–Trinajstić information content (AvgIpc) is 3.46. The molecule has 4 rings (SSSR count). The van der Waals surface area contributed by atoms with Gasteiger partial charge in [0, 0.05) is 18.8 Å². The van der Waals surface area contributed by atoms with Crippen molar-refractivity contribution in [3.63, 3.8) is 0 Å². The van der Waals surface area contributed by atoms with Crippen molar-refractivity contribution < 1.29 is 41.0 Å². The number of benzene rings is 2. The lowest BCUT2D eigenvalue weighted by atomic mass is 9.94. The van der Waals surface area contributed by atoms with Gasteiger partial charge in [-0.1, -0.05) is 30.3 Å². The van der Waals surface area contributed by atoms with Gasteiger partial charge < -0.3 is 15.2 Å². The molecule has 1 saturated carbocycles. The highest BCUT2D eigenvalue weighted by Gasteiger charge is 2.51. The number of anilines is 1. The molecule has 1 aliphatic carbocycles. The van der Waals surface area contributed by atoms with Crippen LogP contribution in [0.2, 0.25) is 0 Å². The molecule has 1 aliphatic heterocycles. The first-order valence-electron chi connectivity index (χ1n) is 10.8. The van der Waals surface area contributed by atoms with Crippen LogP contribution < -0.4 is 10.0 Å². The van der Waals surface area contributed by atoms with E-state index in [-0.39, 0.29) is 16.9 Å². The summed E-state index contributed by atoms with van der Waals surface area (Å²) in [6, 6.07) is 15.3. The third-order valence-electron chi connectivity index (χ3n) is 5.68. The molecule has 1 saturated heterocycles.